The number of carbonyl (C=O) groups is 1. The molecule has 0 bridgehead atoms. The summed E-state index contributed by atoms with van der Waals surface area (Å²) in [7, 11) is 0. The lowest BCUT2D eigenvalue weighted by molar-refractivity contribution is -0.125. The molecule has 0 atom stereocenters. The molecule has 4 rings (SSSR count). The number of rotatable bonds is 2. The summed E-state index contributed by atoms with van der Waals surface area (Å²) in [5.74, 6) is 5.87. The molecule has 0 saturated carbocycles. The lowest BCUT2D eigenvalue weighted by Crippen LogP contribution is -2.34. The molecular weight excluding hydrogens is 346 g/mol. The van der Waals surface area contributed by atoms with Crippen LogP contribution in [0.2, 0.25) is 0 Å². The highest BCUT2D eigenvalue weighted by atomic mass is 16.2. The zero-order valence-corrected chi connectivity index (χ0v) is 15.8. The van der Waals surface area contributed by atoms with E-state index in [0.717, 1.165) is 48.9 Å². The van der Waals surface area contributed by atoms with Gasteiger partial charge in [0.15, 0.2) is 0 Å². The fraction of sp³-hybridized carbons (Fsp3) is 0.250. The van der Waals surface area contributed by atoms with Gasteiger partial charge in [0.05, 0.1) is 0 Å². The minimum Gasteiger partial charge on any atom is -0.331 e. The van der Waals surface area contributed by atoms with E-state index in [1.807, 2.05) is 47.5 Å². The zero-order chi connectivity index (χ0) is 19.2. The number of hydrogen-bond donors (Lipinski definition) is 0. The van der Waals surface area contributed by atoms with Crippen LogP contribution in [0.1, 0.15) is 17.5 Å². The van der Waals surface area contributed by atoms with Gasteiger partial charge in [0, 0.05) is 56.6 Å². The number of pyridine rings is 1. The number of nitrogens with zero attached hydrogens (tertiary/aromatic N) is 3. The molecule has 1 fully saturated rings. The molecule has 0 radical (unpaired) electrons. The summed E-state index contributed by atoms with van der Waals surface area (Å²) in [6.07, 6.45) is 4.66. The summed E-state index contributed by atoms with van der Waals surface area (Å²) in [5.41, 5.74) is 2.11. The first kappa shape index (κ1) is 18.2. The molecule has 0 spiro atoms. The zero-order valence-electron chi connectivity index (χ0n) is 15.8. The Morgan fingerprint density at radius 3 is 2.75 bits per heavy atom. The molecule has 140 valence electrons. The Hall–Kier alpha value is -3.16. The lowest BCUT2D eigenvalue weighted by Gasteiger charge is -2.20. The second-order valence-corrected chi connectivity index (χ2v) is 7.06. The number of amides is 1. The van der Waals surface area contributed by atoms with Crippen LogP contribution in [0.25, 0.3) is 10.8 Å². The van der Waals surface area contributed by atoms with E-state index in [2.05, 4.69) is 39.9 Å². The average molecular weight is 369 g/mol. The Morgan fingerprint density at radius 1 is 0.964 bits per heavy atom. The summed E-state index contributed by atoms with van der Waals surface area (Å²) in [5, 5.41) is 2.23. The molecule has 2 aromatic carbocycles. The van der Waals surface area contributed by atoms with Gasteiger partial charge >= 0.3 is 0 Å². The van der Waals surface area contributed by atoms with Crippen LogP contribution in [0.15, 0.2) is 67.0 Å². The van der Waals surface area contributed by atoms with Crippen molar-refractivity contribution in [2.75, 3.05) is 26.2 Å². The van der Waals surface area contributed by atoms with Crippen LogP contribution in [0.3, 0.4) is 0 Å². The monoisotopic (exact) mass is 369 g/mol. The van der Waals surface area contributed by atoms with E-state index in [-0.39, 0.29) is 5.91 Å². The number of benzene rings is 2. The first-order valence-electron chi connectivity index (χ1n) is 9.69. The molecule has 0 N–H and O–H groups in total. The summed E-state index contributed by atoms with van der Waals surface area (Å²) < 4.78 is 0. The maximum Gasteiger partial charge on any atom is 0.298 e. The smallest absolute Gasteiger partial charge is 0.298 e. The molecular formula is C24H23N3O. The van der Waals surface area contributed by atoms with Crippen molar-refractivity contribution in [2.45, 2.75) is 13.0 Å². The first-order valence-corrected chi connectivity index (χ1v) is 9.69. The van der Waals surface area contributed by atoms with Gasteiger partial charge in [-0.2, -0.15) is 0 Å². The largest absolute Gasteiger partial charge is 0.331 e. The Labute approximate surface area is 165 Å². The first-order chi connectivity index (χ1) is 13.8. The third-order valence-electron chi connectivity index (χ3n) is 5.10. The van der Waals surface area contributed by atoms with Crippen LogP contribution < -0.4 is 0 Å². The standard InChI is InChI=1S/C24H23N3O/c28-24(12-11-22-9-3-8-21-7-1-2-10-23(21)22)27-15-5-14-26(16-17-27)19-20-6-4-13-25-18-20/h1-4,6-10,13,18H,5,14-17,19H2. The van der Waals surface area contributed by atoms with Crippen molar-refractivity contribution in [3.05, 3.63) is 78.1 Å². The van der Waals surface area contributed by atoms with Crippen molar-refractivity contribution >= 4 is 16.7 Å². The molecule has 2 heterocycles. The molecule has 4 nitrogen and oxygen atoms in total. The van der Waals surface area contributed by atoms with Crippen LogP contribution in [-0.2, 0) is 11.3 Å². The van der Waals surface area contributed by atoms with Gasteiger partial charge < -0.3 is 4.90 Å². The molecule has 1 amide bonds. The van der Waals surface area contributed by atoms with E-state index < -0.39 is 0 Å². The minimum atomic E-state index is -0.0869. The third kappa shape index (κ3) is 4.39. The Balaban J connectivity index is 1.41. The molecule has 1 aromatic heterocycles. The van der Waals surface area contributed by atoms with Crippen LogP contribution in [0, 0.1) is 11.8 Å². The number of aromatic nitrogens is 1. The van der Waals surface area contributed by atoms with Gasteiger partial charge in [-0.3, -0.25) is 14.7 Å². The maximum atomic E-state index is 12.6. The van der Waals surface area contributed by atoms with E-state index >= 15 is 0 Å². The van der Waals surface area contributed by atoms with Crippen LogP contribution in [-0.4, -0.2) is 46.9 Å². The highest BCUT2D eigenvalue weighted by Gasteiger charge is 2.18. The highest BCUT2D eigenvalue weighted by molar-refractivity contribution is 5.96. The fourth-order valence-electron chi connectivity index (χ4n) is 3.62. The second kappa shape index (κ2) is 8.69. The van der Waals surface area contributed by atoms with Crippen molar-refractivity contribution in [2.24, 2.45) is 0 Å². The van der Waals surface area contributed by atoms with Crippen LogP contribution in [0.4, 0.5) is 0 Å². The summed E-state index contributed by atoms with van der Waals surface area (Å²) >= 11 is 0. The minimum absolute atomic E-state index is 0.0869. The Morgan fingerprint density at radius 2 is 1.86 bits per heavy atom. The number of fused-ring (bicyclic) bond motifs is 1. The Bertz CT molecular complexity index is 1010. The molecule has 1 aliphatic heterocycles. The summed E-state index contributed by atoms with van der Waals surface area (Å²) in [6.45, 7) is 4.18. The van der Waals surface area contributed by atoms with Gasteiger partial charge in [-0.15, -0.1) is 0 Å². The van der Waals surface area contributed by atoms with Crippen molar-refractivity contribution in [3.63, 3.8) is 0 Å². The molecule has 1 saturated heterocycles. The summed E-state index contributed by atoms with van der Waals surface area (Å²) in [6, 6.07) is 18.2. The molecule has 1 aliphatic rings. The predicted octanol–water partition coefficient (Wildman–Crippen LogP) is 3.32. The van der Waals surface area contributed by atoms with Crippen LogP contribution >= 0.6 is 0 Å². The normalized spacial score (nSPS) is 14.9. The van der Waals surface area contributed by atoms with Crippen molar-refractivity contribution in [1.29, 1.82) is 0 Å². The van der Waals surface area contributed by atoms with Gasteiger partial charge in [-0.25, -0.2) is 0 Å². The van der Waals surface area contributed by atoms with Gasteiger partial charge in [0.2, 0.25) is 0 Å². The van der Waals surface area contributed by atoms with E-state index in [9.17, 15) is 4.79 Å². The summed E-state index contributed by atoms with van der Waals surface area (Å²) in [4.78, 5) is 21.1. The van der Waals surface area contributed by atoms with Crippen molar-refractivity contribution in [3.8, 4) is 11.8 Å². The predicted molar refractivity (Wildman–Crippen MR) is 112 cm³/mol. The second-order valence-electron chi connectivity index (χ2n) is 7.06. The highest BCUT2D eigenvalue weighted by Crippen LogP contribution is 2.17. The third-order valence-corrected chi connectivity index (χ3v) is 5.10. The van der Waals surface area contributed by atoms with Gasteiger partial charge in [0.25, 0.3) is 5.91 Å². The van der Waals surface area contributed by atoms with Gasteiger partial charge in [-0.05, 0) is 34.9 Å². The number of carbonyl (C=O) groups excluding carboxylic acids is 1. The molecule has 0 unspecified atom stereocenters. The topological polar surface area (TPSA) is 36.4 Å². The van der Waals surface area contributed by atoms with E-state index in [1.165, 1.54) is 5.56 Å². The van der Waals surface area contributed by atoms with Crippen LogP contribution in [0.5, 0.6) is 0 Å². The fourth-order valence-corrected chi connectivity index (χ4v) is 3.62. The van der Waals surface area contributed by atoms with Crippen molar-refractivity contribution < 1.29 is 4.79 Å². The average Bonchev–Trinajstić information content (AvgIpc) is 2.98. The van der Waals surface area contributed by atoms with Gasteiger partial charge in [-0.1, -0.05) is 48.4 Å². The molecule has 4 heteroatoms. The van der Waals surface area contributed by atoms with E-state index in [0.29, 0.717) is 6.54 Å². The maximum absolute atomic E-state index is 12.6. The lowest BCUT2D eigenvalue weighted by atomic mass is 10.1. The quantitative estimate of drug-likeness (QED) is 0.650. The molecule has 28 heavy (non-hydrogen) atoms. The number of hydrogen-bond acceptors (Lipinski definition) is 3. The van der Waals surface area contributed by atoms with E-state index in [4.69, 9.17) is 0 Å². The molecule has 3 aromatic rings. The Kier molecular flexibility index (Phi) is 5.65. The SMILES string of the molecule is O=C(C#Cc1cccc2ccccc12)N1CCCN(Cc2cccnc2)CC1. The van der Waals surface area contributed by atoms with E-state index in [1.54, 1.807) is 6.20 Å². The molecule has 0 aliphatic carbocycles. The van der Waals surface area contributed by atoms with Crippen molar-refractivity contribution in [1.82, 2.24) is 14.8 Å². The van der Waals surface area contributed by atoms with Gasteiger partial charge in [0.1, 0.15) is 0 Å².